The van der Waals surface area contributed by atoms with Gasteiger partial charge in [0.15, 0.2) is 0 Å². The Morgan fingerprint density at radius 1 is 1.11 bits per heavy atom. The maximum atomic E-state index is 12.9. The van der Waals surface area contributed by atoms with Gasteiger partial charge >= 0.3 is 5.69 Å². The molecular weight excluding hydrogens is 364 g/mol. The Kier molecular flexibility index (Phi) is 5.55. The van der Waals surface area contributed by atoms with Crippen molar-refractivity contribution in [3.8, 4) is 17.1 Å². The average Bonchev–Trinajstić information content (AvgIpc) is 2.67. The number of nitrogens with one attached hydrogen (secondary N) is 1. The van der Waals surface area contributed by atoms with E-state index in [4.69, 9.17) is 17.0 Å². The van der Waals surface area contributed by atoms with E-state index in [0.717, 1.165) is 6.42 Å². The lowest BCUT2D eigenvalue weighted by Gasteiger charge is -2.14. The fourth-order valence-corrected chi connectivity index (χ4v) is 3.41. The summed E-state index contributed by atoms with van der Waals surface area (Å²) >= 11 is 5.44. The number of aromatic nitrogens is 4. The molecule has 0 saturated heterocycles. The Labute approximate surface area is 161 Å². The van der Waals surface area contributed by atoms with Crippen LogP contribution in [0.3, 0.4) is 0 Å². The van der Waals surface area contributed by atoms with E-state index in [1.165, 1.54) is 4.57 Å². The van der Waals surface area contributed by atoms with E-state index < -0.39 is 5.56 Å². The van der Waals surface area contributed by atoms with Crippen molar-refractivity contribution in [3.05, 3.63) is 49.7 Å². The number of hydrogen-bond acceptors (Lipinski definition) is 5. The molecule has 1 N–H and O–H groups in total. The van der Waals surface area contributed by atoms with E-state index in [1.807, 2.05) is 38.1 Å². The zero-order valence-corrected chi connectivity index (χ0v) is 16.4. The van der Waals surface area contributed by atoms with Gasteiger partial charge in [0, 0.05) is 13.1 Å². The summed E-state index contributed by atoms with van der Waals surface area (Å²) in [5.74, 6) is 1.08. The monoisotopic (exact) mass is 386 g/mol. The van der Waals surface area contributed by atoms with Gasteiger partial charge in [-0.05, 0) is 25.0 Å². The van der Waals surface area contributed by atoms with Crippen molar-refractivity contribution < 1.29 is 4.74 Å². The van der Waals surface area contributed by atoms with E-state index >= 15 is 0 Å². The minimum atomic E-state index is -0.399. The molecule has 0 aliphatic heterocycles. The molecule has 0 aliphatic rings. The maximum absolute atomic E-state index is 12.9. The van der Waals surface area contributed by atoms with Crippen molar-refractivity contribution in [1.82, 2.24) is 19.1 Å². The van der Waals surface area contributed by atoms with Gasteiger partial charge in [-0.15, -0.1) is 0 Å². The summed E-state index contributed by atoms with van der Waals surface area (Å²) in [6, 6.07) is 7.38. The normalized spacial score (nSPS) is 11.1. The van der Waals surface area contributed by atoms with E-state index in [9.17, 15) is 9.59 Å². The first-order valence-corrected chi connectivity index (χ1v) is 9.35. The first kappa shape index (κ1) is 19.0. The van der Waals surface area contributed by atoms with Gasteiger partial charge in [-0.3, -0.25) is 13.9 Å². The molecule has 1 aromatic carbocycles. The zero-order valence-electron chi connectivity index (χ0n) is 15.6. The molecular formula is C19H22N4O3S. The van der Waals surface area contributed by atoms with Gasteiger partial charge in [0.2, 0.25) is 0 Å². The number of H-pyrrole nitrogens is 1. The molecule has 0 spiro atoms. The first-order chi connectivity index (χ1) is 13.0. The number of benzene rings is 1. The second-order valence-electron chi connectivity index (χ2n) is 6.21. The van der Waals surface area contributed by atoms with Gasteiger partial charge in [-0.25, -0.2) is 9.78 Å². The van der Waals surface area contributed by atoms with Gasteiger partial charge in [0.25, 0.3) is 5.56 Å². The Balaban J connectivity index is 2.43. The minimum absolute atomic E-state index is 0.171. The number of ether oxygens (including phenoxy) is 1. The van der Waals surface area contributed by atoms with Gasteiger partial charge in [-0.1, -0.05) is 38.2 Å². The fraction of sp³-hybridized carbons (Fsp3) is 0.368. The quantitative estimate of drug-likeness (QED) is 0.658. The van der Waals surface area contributed by atoms with Crippen molar-refractivity contribution in [2.45, 2.75) is 39.8 Å². The smallest absolute Gasteiger partial charge is 0.332 e. The third kappa shape index (κ3) is 3.32. The van der Waals surface area contributed by atoms with Crippen molar-refractivity contribution in [3.63, 3.8) is 0 Å². The molecule has 0 bridgehead atoms. The Hall–Kier alpha value is -2.74. The molecule has 2 aromatic heterocycles. The highest BCUT2D eigenvalue weighted by molar-refractivity contribution is 7.71. The number of methoxy groups -OCH3 is 1. The van der Waals surface area contributed by atoms with Crippen molar-refractivity contribution in [2.24, 2.45) is 0 Å². The lowest BCUT2D eigenvalue weighted by atomic mass is 10.2. The fourth-order valence-electron chi connectivity index (χ4n) is 3.14. The van der Waals surface area contributed by atoms with Crippen LogP contribution in [0, 0.1) is 4.64 Å². The second-order valence-corrected chi connectivity index (χ2v) is 6.59. The van der Waals surface area contributed by atoms with Crippen LogP contribution >= 0.6 is 12.2 Å². The number of rotatable bonds is 6. The summed E-state index contributed by atoms with van der Waals surface area (Å²) in [6.07, 6.45) is 1.42. The van der Waals surface area contributed by atoms with Crippen LogP contribution in [0.25, 0.3) is 22.4 Å². The van der Waals surface area contributed by atoms with Crippen molar-refractivity contribution in [1.29, 1.82) is 0 Å². The molecule has 0 saturated carbocycles. The number of aryl methyl sites for hydroxylation is 1. The number of aromatic amines is 1. The molecule has 7 nitrogen and oxygen atoms in total. The zero-order chi connectivity index (χ0) is 19.6. The molecule has 3 aromatic rings. The molecule has 0 radical (unpaired) electrons. The number of hydrogen-bond donors (Lipinski definition) is 1. The third-order valence-corrected chi connectivity index (χ3v) is 4.64. The van der Waals surface area contributed by atoms with Gasteiger partial charge in [0.1, 0.15) is 27.2 Å². The predicted molar refractivity (Wildman–Crippen MR) is 108 cm³/mol. The molecule has 0 unspecified atom stereocenters. The number of para-hydroxylation sites is 1. The summed E-state index contributed by atoms with van der Waals surface area (Å²) in [6.45, 7) is 4.72. The molecule has 0 amide bonds. The van der Waals surface area contributed by atoms with Crippen LogP contribution in [-0.2, 0) is 13.1 Å². The molecule has 27 heavy (non-hydrogen) atoms. The second kappa shape index (κ2) is 7.87. The van der Waals surface area contributed by atoms with Crippen LogP contribution in [0.4, 0.5) is 0 Å². The summed E-state index contributed by atoms with van der Waals surface area (Å²) in [7, 11) is 1.57. The molecule has 8 heteroatoms. The van der Waals surface area contributed by atoms with Gasteiger partial charge < -0.3 is 9.72 Å². The lowest BCUT2D eigenvalue weighted by Crippen LogP contribution is -2.40. The molecule has 0 fully saturated rings. The summed E-state index contributed by atoms with van der Waals surface area (Å²) in [5.41, 5.74) is 0.380. The minimum Gasteiger partial charge on any atom is -0.496 e. The molecule has 142 valence electrons. The number of fused-ring (bicyclic) bond motifs is 1. The molecule has 3 rings (SSSR count). The van der Waals surface area contributed by atoms with Crippen LogP contribution in [0.5, 0.6) is 5.75 Å². The Bertz CT molecular complexity index is 1160. The SMILES string of the molecule is CCCn1c(=O)c2c(=S)nc(-c3ccccc3OC)[nH]c2n(CCC)c1=O. The Morgan fingerprint density at radius 3 is 2.44 bits per heavy atom. The van der Waals surface area contributed by atoms with Gasteiger partial charge in [0.05, 0.1) is 12.7 Å². The first-order valence-electron chi connectivity index (χ1n) is 8.94. The van der Waals surface area contributed by atoms with E-state index in [-0.39, 0.29) is 15.7 Å². The molecule has 2 heterocycles. The Morgan fingerprint density at radius 2 is 1.78 bits per heavy atom. The predicted octanol–water partition coefficient (Wildman–Crippen LogP) is 3.11. The van der Waals surface area contributed by atoms with Crippen LogP contribution in [0.15, 0.2) is 33.9 Å². The van der Waals surface area contributed by atoms with E-state index in [1.54, 1.807) is 11.7 Å². The average molecular weight is 386 g/mol. The van der Waals surface area contributed by atoms with Gasteiger partial charge in [-0.2, -0.15) is 0 Å². The van der Waals surface area contributed by atoms with E-state index in [2.05, 4.69) is 9.97 Å². The van der Waals surface area contributed by atoms with Crippen LogP contribution in [0.1, 0.15) is 26.7 Å². The third-order valence-electron chi connectivity index (χ3n) is 4.35. The lowest BCUT2D eigenvalue weighted by molar-refractivity contribution is 0.416. The molecule has 0 atom stereocenters. The topological polar surface area (TPSA) is 81.9 Å². The summed E-state index contributed by atoms with van der Waals surface area (Å²) in [5, 5.41) is 0.269. The summed E-state index contributed by atoms with van der Waals surface area (Å²) < 4.78 is 8.38. The standard InChI is InChI=1S/C19H22N4O3S/c1-4-10-22-16-14(18(24)23(11-5-2)19(22)25)17(27)21-15(20-16)12-8-6-7-9-13(12)26-3/h6-9H,4-5,10-11H2,1-3H3,(H,20,21,27). The van der Waals surface area contributed by atoms with Crippen LogP contribution < -0.4 is 16.0 Å². The van der Waals surface area contributed by atoms with Crippen LogP contribution in [-0.4, -0.2) is 26.2 Å². The highest BCUT2D eigenvalue weighted by atomic mass is 32.1. The largest absolute Gasteiger partial charge is 0.496 e. The maximum Gasteiger partial charge on any atom is 0.332 e. The highest BCUT2D eigenvalue weighted by Crippen LogP contribution is 2.27. The van der Waals surface area contributed by atoms with E-state index in [0.29, 0.717) is 42.3 Å². The van der Waals surface area contributed by atoms with Crippen LogP contribution in [0.2, 0.25) is 0 Å². The summed E-state index contributed by atoms with van der Waals surface area (Å²) in [4.78, 5) is 33.4. The number of nitrogens with zero attached hydrogens (tertiary/aromatic N) is 3. The highest BCUT2D eigenvalue weighted by Gasteiger charge is 2.17. The molecule has 0 aliphatic carbocycles. The van der Waals surface area contributed by atoms with Crippen molar-refractivity contribution in [2.75, 3.05) is 7.11 Å². The van der Waals surface area contributed by atoms with Crippen molar-refractivity contribution >= 4 is 23.3 Å².